The van der Waals surface area contributed by atoms with Crippen molar-refractivity contribution in [2.24, 2.45) is 0 Å². The van der Waals surface area contributed by atoms with Gasteiger partial charge in [0.15, 0.2) is 6.10 Å². The second-order valence-electron chi connectivity index (χ2n) is 26.8. The van der Waals surface area contributed by atoms with Crippen LogP contribution in [0.1, 0.15) is 329 Å². The second kappa shape index (κ2) is 77.3. The number of carbonyl (C=O) groups excluding carboxylic acids is 3. The molecule has 0 aromatic carbocycles. The number of hydrogen-bond donors (Lipinski definition) is 4. The van der Waals surface area contributed by atoms with Gasteiger partial charge < -0.3 is 34.2 Å². The van der Waals surface area contributed by atoms with Gasteiger partial charge in [-0.25, -0.2) is 9.13 Å². The lowest BCUT2D eigenvalue weighted by Gasteiger charge is -2.21. The number of esters is 3. The molecule has 592 valence electrons. The summed E-state index contributed by atoms with van der Waals surface area (Å²) in [5.74, 6) is -1.57. The van der Waals surface area contributed by atoms with Crippen LogP contribution in [-0.2, 0) is 55.8 Å². The minimum atomic E-state index is -4.93. The molecular formula is C85H146O16P2. The Hall–Kier alpha value is -4.31. The first kappa shape index (κ1) is 98.7. The summed E-state index contributed by atoms with van der Waals surface area (Å²) in [7, 11) is -9.78. The maximum Gasteiger partial charge on any atom is 0.472 e. The summed E-state index contributed by atoms with van der Waals surface area (Å²) in [5, 5.41) is 20.6. The molecule has 0 amide bonds. The Morgan fingerprint density at radius 3 is 0.816 bits per heavy atom. The van der Waals surface area contributed by atoms with Crippen molar-refractivity contribution in [1.82, 2.24) is 0 Å². The molecule has 103 heavy (non-hydrogen) atoms. The van der Waals surface area contributed by atoms with E-state index in [-0.39, 0.29) is 19.3 Å². The largest absolute Gasteiger partial charge is 0.472 e. The molecule has 0 spiro atoms. The van der Waals surface area contributed by atoms with Gasteiger partial charge in [0.25, 0.3) is 0 Å². The number of aliphatic hydroxyl groups is 2. The average Bonchev–Trinajstić information content (AvgIpc) is 0.915. The molecule has 0 radical (unpaired) electrons. The van der Waals surface area contributed by atoms with Crippen LogP contribution in [0.2, 0.25) is 0 Å². The highest BCUT2D eigenvalue weighted by atomic mass is 31.2. The van der Waals surface area contributed by atoms with Gasteiger partial charge in [-0.05, 0) is 116 Å². The fourth-order valence-electron chi connectivity index (χ4n) is 10.8. The van der Waals surface area contributed by atoms with Crippen molar-refractivity contribution in [2.45, 2.75) is 347 Å². The van der Waals surface area contributed by atoms with E-state index in [9.17, 15) is 43.5 Å². The first-order valence-corrected chi connectivity index (χ1v) is 43.5. The van der Waals surface area contributed by atoms with Crippen molar-refractivity contribution in [3.63, 3.8) is 0 Å². The summed E-state index contributed by atoms with van der Waals surface area (Å²) < 4.78 is 61.1. The molecule has 0 saturated carbocycles. The van der Waals surface area contributed by atoms with Crippen LogP contribution in [0.15, 0.2) is 134 Å². The number of unbranched alkanes of at least 4 members (excludes halogenated alkanes) is 31. The molecular weight excluding hydrogens is 1340 g/mol. The Morgan fingerprint density at radius 2 is 0.515 bits per heavy atom. The Kier molecular flexibility index (Phi) is 74.1. The van der Waals surface area contributed by atoms with Gasteiger partial charge in [0.1, 0.15) is 25.4 Å². The highest BCUT2D eigenvalue weighted by Crippen LogP contribution is 2.45. The number of ether oxygens (including phenoxy) is 3. The van der Waals surface area contributed by atoms with E-state index in [1.807, 2.05) is 0 Å². The number of phosphoric ester groups is 2. The normalized spacial score (nSPS) is 14.7. The molecule has 0 saturated heterocycles. The Balaban J connectivity index is 4.45. The van der Waals surface area contributed by atoms with Crippen molar-refractivity contribution in [2.75, 3.05) is 39.6 Å². The Labute approximate surface area is 626 Å². The van der Waals surface area contributed by atoms with Gasteiger partial charge in [-0.1, -0.05) is 328 Å². The Bertz CT molecular complexity index is 2410. The monoisotopic (exact) mass is 1490 g/mol. The summed E-state index contributed by atoms with van der Waals surface area (Å²) in [5.41, 5.74) is 0. The minimum absolute atomic E-state index is 0.105. The SMILES string of the molecule is CC/C=C\C/C=C\C/C=C\C/C=C\C/C=C\C/C=C\CCCCCCCCCCCCC(=O)OCC(O)COP(=O)(O)OCC(O)COP(=O)(O)OCC(COC(=O)CCCCCCCCCCCCC/C=C\C/C=C\C/C=C\C/C=C\C/C=C\CC)OC(=O)CCCCCCCCCCCCC. The molecule has 0 bridgehead atoms. The first-order valence-electron chi connectivity index (χ1n) is 40.5. The average molecular weight is 1490 g/mol. The zero-order valence-corrected chi connectivity index (χ0v) is 66.5. The summed E-state index contributed by atoms with van der Waals surface area (Å²) in [6.45, 7) is 2.46. The van der Waals surface area contributed by atoms with Gasteiger partial charge in [0.05, 0.1) is 26.4 Å². The quantitative estimate of drug-likeness (QED) is 0.0146. The van der Waals surface area contributed by atoms with Gasteiger partial charge in [-0.3, -0.25) is 32.5 Å². The van der Waals surface area contributed by atoms with Crippen LogP contribution in [0.3, 0.4) is 0 Å². The standard InChI is InChI=1S/C85H146O16P2/c1-4-7-10-13-16-19-22-24-26-28-30-32-34-36-38-39-41-43-44-46-48-50-52-54-57-59-62-65-68-71-83(88)95-74-80(86)75-97-102(91,92)98-76-81(87)77-99-103(93,94)100-79-82(101-85(90)73-70-67-64-61-56-21-18-15-12-9-6-3)78-96-84(89)72-69-66-63-60-58-55-53-51-49-47-45-42-40-37-35-33-31-29-27-25-23-20-17-14-11-8-5-2/h7-8,10-11,16-17,19-20,24-27,30-33,36-38,40-41,43,80-82,86-87H,4-6,9,12-15,18,21-23,28-29,34-35,39,42,44-79H2,1-3H3,(H,91,92)(H,93,94)/b10-7-,11-8-,19-16-,20-17-,26-24-,27-25-,32-30-,33-31-,38-36-,40-37-,43-41-. The molecule has 0 aromatic heterocycles. The number of allylic oxidation sites excluding steroid dienone is 22. The predicted octanol–water partition coefficient (Wildman–Crippen LogP) is 23.9. The van der Waals surface area contributed by atoms with E-state index in [2.05, 4.69) is 154 Å². The third-order valence-electron chi connectivity index (χ3n) is 16.9. The van der Waals surface area contributed by atoms with Crippen LogP contribution < -0.4 is 0 Å². The maximum absolute atomic E-state index is 12.9. The van der Waals surface area contributed by atoms with E-state index in [0.717, 1.165) is 161 Å². The molecule has 4 N–H and O–H groups in total. The van der Waals surface area contributed by atoms with E-state index >= 15 is 0 Å². The zero-order valence-electron chi connectivity index (χ0n) is 64.7. The molecule has 5 atom stereocenters. The van der Waals surface area contributed by atoms with Crippen molar-refractivity contribution in [3.05, 3.63) is 134 Å². The number of rotatable bonds is 76. The molecule has 16 nitrogen and oxygen atoms in total. The molecule has 5 unspecified atom stereocenters. The van der Waals surface area contributed by atoms with Gasteiger partial charge >= 0.3 is 33.6 Å². The summed E-state index contributed by atoms with van der Waals surface area (Å²) in [6, 6.07) is 0. The number of hydrogen-bond acceptors (Lipinski definition) is 14. The van der Waals surface area contributed by atoms with Gasteiger partial charge in [-0.2, -0.15) is 0 Å². The van der Waals surface area contributed by atoms with Crippen LogP contribution >= 0.6 is 15.6 Å². The lowest BCUT2D eigenvalue weighted by molar-refractivity contribution is -0.161. The number of phosphoric acid groups is 2. The van der Waals surface area contributed by atoms with Gasteiger partial charge in [-0.15, -0.1) is 0 Å². The van der Waals surface area contributed by atoms with Crippen molar-refractivity contribution in [1.29, 1.82) is 0 Å². The van der Waals surface area contributed by atoms with E-state index in [0.29, 0.717) is 19.3 Å². The Morgan fingerprint density at radius 1 is 0.282 bits per heavy atom. The fourth-order valence-corrected chi connectivity index (χ4v) is 12.4. The molecule has 0 aliphatic carbocycles. The third kappa shape index (κ3) is 78.6. The molecule has 0 aromatic rings. The van der Waals surface area contributed by atoms with E-state index in [1.165, 1.54) is 109 Å². The van der Waals surface area contributed by atoms with Crippen LogP contribution in [-0.4, -0.2) is 95.9 Å². The highest BCUT2D eigenvalue weighted by Gasteiger charge is 2.29. The summed E-state index contributed by atoms with van der Waals surface area (Å²) in [6.07, 6.45) is 93.7. The van der Waals surface area contributed by atoms with Gasteiger partial charge in [0.2, 0.25) is 0 Å². The van der Waals surface area contributed by atoms with Crippen molar-refractivity contribution < 1.29 is 75.8 Å². The molecule has 18 heteroatoms. The fraction of sp³-hybridized carbons (Fsp3) is 0.706. The molecule has 0 rings (SSSR count). The van der Waals surface area contributed by atoms with E-state index in [1.54, 1.807) is 0 Å². The van der Waals surface area contributed by atoms with E-state index < -0.39 is 91.5 Å². The number of carbonyl (C=O) groups is 3. The highest BCUT2D eigenvalue weighted by molar-refractivity contribution is 7.47. The maximum atomic E-state index is 12.9. The lowest BCUT2D eigenvalue weighted by atomic mass is 10.0. The number of aliphatic hydroxyl groups excluding tert-OH is 2. The molecule has 0 fully saturated rings. The van der Waals surface area contributed by atoms with Crippen LogP contribution in [0.4, 0.5) is 0 Å². The van der Waals surface area contributed by atoms with Crippen LogP contribution in [0, 0.1) is 0 Å². The van der Waals surface area contributed by atoms with Crippen molar-refractivity contribution >= 4 is 33.6 Å². The lowest BCUT2D eigenvalue weighted by Crippen LogP contribution is -2.30. The van der Waals surface area contributed by atoms with E-state index in [4.69, 9.17) is 32.3 Å². The minimum Gasteiger partial charge on any atom is -0.463 e. The zero-order chi connectivity index (χ0) is 75.2. The van der Waals surface area contributed by atoms with Crippen molar-refractivity contribution in [3.8, 4) is 0 Å². The second-order valence-corrected chi connectivity index (χ2v) is 29.7. The summed E-state index contributed by atoms with van der Waals surface area (Å²) in [4.78, 5) is 58.6. The smallest absolute Gasteiger partial charge is 0.463 e. The van der Waals surface area contributed by atoms with Crippen LogP contribution in [0.25, 0.3) is 0 Å². The van der Waals surface area contributed by atoms with Crippen LogP contribution in [0.5, 0.6) is 0 Å². The third-order valence-corrected chi connectivity index (χ3v) is 18.8. The molecule has 0 heterocycles. The predicted molar refractivity (Wildman–Crippen MR) is 426 cm³/mol. The molecule has 0 aliphatic rings. The summed E-state index contributed by atoms with van der Waals surface area (Å²) >= 11 is 0. The first-order chi connectivity index (χ1) is 50.2. The van der Waals surface area contributed by atoms with Gasteiger partial charge in [0, 0.05) is 19.3 Å². The topological polar surface area (TPSA) is 231 Å². The molecule has 0 aliphatic heterocycles.